The average molecular weight is 140 g/mol. The Balaban J connectivity index is 4.15. The minimum absolute atomic E-state index is 0.0206. The highest BCUT2D eigenvalue weighted by molar-refractivity contribution is 5.93. The number of carbonyl (C=O) groups is 1. The standard InChI is InChI=1S/C8H12O2/c1-7(10)4-5-8(2,3)6-9/h9H,6H2,1-3H3. The van der Waals surface area contributed by atoms with Crippen LogP contribution in [-0.4, -0.2) is 17.5 Å². The lowest BCUT2D eigenvalue weighted by Crippen LogP contribution is -2.13. The van der Waals surface area contributed by atoms with Gasteiger partial charge in [-0.25, -0.2) is 0 Å². The van der Waals surface area contributed by atoms with Crippen LogP contribution in [0.25, 0.3) is 0 Å². The van der Waals surface area contributed by atoms with Crippen LogP contribution < -0.4 is 0 Å². The van der Waals surface area contributed by atoms with Crippen molar-refractivity contribution < 1.29 is 9.90 Å². The second-order valence-corrected chi connectivity index (χ2v) is 2.85. The van der Waals surface area contributed by atoms with Crippen LogP contribution in [0.2, 0.25) is 0 Å². The van der Waals surface area contributed by atoms with Crippen LogP contribution in [-0.2, 0) is 4.79 Å². The summed E-state index contributed by atoms with van der Waals surface area (Å²) in [7, 11) is 0. The summed E-state index contributed by atoms with van der Waals surface area (Å²) >= 11 is 0. The van der Waals surface area contributed by atoms with Crippen LogP contribution >= 0.6 is 0 Å². The molecule has 0 radical (unpaired) electrons. The smallest absolute Gasteiger partial charge is 0.202 e. The maximum Gasteiger partial charge on any atom is 0.202 e. The van der Waals surface area contributed by atoms with E-state index < -0.39 is 5.41 Å². The average Bonchev–Trinajstić information content (AvgIpc) is 1.85. The maximum atomic E-state index is 10.4. The minimum atomic E-state index is -0.453. The third kappa shape index (κ3) is 4.11. The molecule has 0 aliphatic heterocycles. The van der Waals surface area contributed by atoms with E-state index in [1.807, 2.05) is 0 Å². The largest absolute Gasteiger partial charge is 0.395 e. The Kier molecular flexibility index (Phi) is 3.11. The Bertz CT molecular complexity index is 181. The van der Waals surface area contributed by atoms with E-state index in [2.05, 4.69) is 11.8 Å². The highest BCUT2D eigenvalue weighted by Crippen LogP contribution is 2.10. The molecule has 0 atom stereocenters. The lowest BCUT2D eigenvalue weighted by atomic mass is 9.96. The summed E-state index contributed by atoms with van der Waals surface area (Å²) in [5.74, 6) is 4.88. The SMILES string of the molecule is CC(=O)C#CC(C)(C)CO. The maximum absolute atomic E-state index is 10.4. The van der Waals surface area contributed by atoms with E-state index >= 15 is 0 Å². The normalized spacial score (nSPS) is 10.0. The predicted molar refractivity (Wildman–Crippen MR) is 39.3 cm³/mol. The number of hydrogen-bond donors (Lipinski definition) is 1. The van der Waals surface area contributed by atoms with E-state index in [-0.39, 0.29) is 12.4 Å². The van der Waals surface area contributed by atoms with E-state index in [1.54, 1.807) is 13.8 Å². The van der Waals surface area contributed by atoms with Gasteiger partial charge in [0.15, 0.2) is 0 Å². The summed E-state index contributed by atoms with van der Waals surface area (Å²) in [6.45, 7) is 4.94. The van der Waals surface area contributed by atoms with Crippen molar-refractivity contribution in [3.63, 3.8) is 0 Å². The number of aliphatic hydroxyl groups is 1. The highest BCUT2D eigenvalue weighted by Gasteiger charge is 2.11. The van der Waals surface area contributed by atoms with Gasteiger partial charge < -0.3 is 5.11 Å². The van der Waals surface area contributed by atoms with Gasteiger partial charge >= 0.3 is 0 Å². The Labute approximate surface area is 61.2 Å². The summed E-state index contributed by atoms with van der Waals surface area (Å²) in [5.41, 5.74) is -0.453. The molecule has 0 spiro atoms. The number of rotatable bonds is 1. The van der Waals surface area contributed by atoms with Gasteiger partial charge in [-0.1, -0.05) is 5.92 Å². The van der Waals surface area contributed by atoms with E-state index in [0.717, 1.165) is 0 Å². The molecule has 0 saturated heterocycles. The van der Waals surface area contributed by atoms with Crippen molar-refractivity contribution in [2.45, 2.75) is 20.8 Å². The zero-order chi connectivity index (χ0) is 8.20. The lowest BCUT2D eigenvalue weighted by Gasteiger charge is -2.11. The molecule has 0 aromatic carbocycles. The van der Waals surface area contributed by atoms with Crippen molar-refractivity contribution in [1.82, 2.24) is 0 Å². The van der Waals surface area contributed by atoms with Gasteiger partial charge in [-0.3, -0.25) is 4.79 Å². The molecular weight excluding hydrogens is 128 g/mol. The second kappa shape index (κ2) is 3.38. The molecule has 0 fully saturated rings. The molecule has 2 heteroatoms. The minimum Gasteiger partial charge on any atom is -0.395 e. The Morgan fingerprint density at radius 3 is 2.40 bits per heavy atom. The first-order valence-electron chi connectivity index (χ1n) is 3.12. The van der Waals surface area contributed by atoms with Crippen molar-refractivity contribution in [1.29, 1.82) is 0 Å². The van der Waals surface area contributed by atoms with Gasteiger partial charge in [0.2, 0.25) is 5.78 Å². The quantitative estimate of drug-likeness (QED) is 0.427. The molecule has 56 valence electrons. The van der Waals surface area contributed by atoms with Gasteiger partial charge in [-0.15, -0.1) is 0 Å². The fraction of sp³-hybridized carbons (Fsp3) is 0.625. The summed E-state index contributed by atoms with van der Waals surface area (Å²) in [6.07, 6.45) is 0. The molecule has 10 heavy (non-hydrogen) atoms. The molecule has 0 aromatic heterocycles. The van der Waals surface area contributed by atoms with Gasteiger partial charge in [0, 0.05) is 12.3 Å². The summed E-state index contributed by atoms with van der Waals surface area (Å²) in [5, 5.41) is 8.69. The van der Waals surface area contributed by atoms with Crippen molar-refractivity contribution in [2.24, 2.45) is 5.41 Å². The van der Waals surface area contributed by atoms with E-state index in [0.29, 0.717) is 0 Å². The molecule has 0 amide bonds. The van der Waals surface area contributed by atoms with Gasteiger partial charge in [-0.05, 0) is 19.8 Å². The monoisotopic (exact) mass is 140 g/mol. The van der Waals surface area contributed by atoms with Gasteiger partial charge in [0.25, 0.3) is 0 Å². The van der Waals surface area contributed by atoms with Gasteiger partial charge in [0.05, 0.1) is 6.61 Å². The topological polar surface area (TPSA) is 37.3 Å². The Morgan fingerprint density at radius 1 is 1.60 bits per heavy atom. The molecule has 1 N–H and O–H groups in total. The highest BCUT2D eigenvalue weighted by atomic mass is 16.3. The van der Waals surface area contributed by atoms with Crippen molar-refractivity contribution in [2.75, 3.05) is 6.61 Å². The first-order chi connectivity index (χ1) is 4.48. The van der Waals surface area contributed by atoms with Crippen LogP contribution in [0.5, 0.6) is 0 Å². The predicted octanol–water partition coefficient (Wildman–Crippen LogP) is 0.597. The molecule has 0 aliphatic carbocycles. The summed E-state index contributed by atoms with van der Waals surface area (Å²) in [6, 6.07) is 0. The number of ketones is 1. The van der Waals surface area contributed by atoms with Crippen molar-refractivity contribution in [3.8, 4) is 11.8 Å². The molecular formula is C8H12O2. The van der Waals surface area contributed by atoms with Crippen LogP contribution in [0.15, 0.2) is 0 Å². The molecule has 0 aromatic rings. The molecule has 0 aliphatic rings. The molecule has 0 bridgehead atoms. The number of Topliss-reactive ketones (excluding diaryl/α,β-unsaturated/α-hetero) is 1. The van der Waals surface area contributed by atoms with Crippen LogP contribution in [0.3, 0.4) is 0 Å². The van der Waals surface area contributed by atoms with Crippen LogP contribution in [0.1, 0.15) is 20.8 Å². The zero-order valence-corrected chi connectivity index (χ0v) is 6.56. The molecule has 0 rings (SSSR count). The number of aliphatic hydroxyl groups excluding tert-OH is 1. The fourth-order valence-corrected chi connectivity index (χ4v) is 0.297. The van der Waals surface area contributed by atoms with Crippen LogP contribution in [0.4, 0.5) is 0 Å². The lowest BCUT2D eigenvalue weighted by molar-refractivity contribution is -0.111. The van der Waals surface area contributed by atoms with E-state index in [1.165, 1.54) is 6.92 Å². The molecule has 0 saturated carbocycles. The number of carbonyl (C=O) groups excluding carboxylic acids is 1. The summed E-state index contributed by atoms with van der Waals surface area (Å²) in [4.78, 5) is 10.4. The van der Waals surface area contributed by atoms with E-state index in [9.17, 15) is 4.79 Å². The second-order valence-electron chi connectivity index (χ2n) is 2.85. The van der Waals surface area contributed by atoms with Crippen molar-refractivity contribution in [3.05, 3.63) is 0 Å². The Morgan fingerprint density at radius 2 is 2.10 bits per heavy atom. The summed E-state index contributed by atoms with van der Waals surface area (Å²) < 4.78 is 0. The number of hydrogen-bond acceptors (Lipinski definition) is 2. The molecule has 0 unspecified atom stereocenters. The van der Waals surface area contributed by atoms with Gasteiger partial charge in [0.1, 0.15) is 0 Å². The molecule has 0 heterocycles. The fourth-order valence-electron chi connectivity index (χ4n) is 0.297. The van der Waals surface area contributed by atoms with Gasteiger partial charge in [-0.2, -0.15) is 0 Å². The third-order valence-electron chi connectivity index (χ3n) is 0.972. The van der Waals surface area contributed by atoms with E-state index in [4.69, 9.17) is 5.11 Å². The Hall–Kier alpha value is -0.810. The first-order valence-corrected chi connectivity index (χ1v) is 3.12. The zero-order valence-electron chi connectivity index (χ0n) is 6.56. The first kappa shape index (κ1) is 9.19. The van der Waals surface area contributed by atoms with Crippen LogP contribution in [0, 0.1) is 17.3 Å². The van der Waals surface area contributed by atoms with Crippen molar-refractivity contribution >= 4 is 5.78 Å². The molecule has 2 nitrogen and oxygen atoms in total. The third-order valence-corrected chi connectivity index (χ3v) is 0.972.